The van der Waals surface area contributed by atoms with Crippen LogP contribution in [0.1, 0.15) is 281 Å². The maximum atomic E-state index is 11.4. The van der Waals surface area contributed by atoms with Crippen LogP contribution in [0.2, 0.25) is 0 Å². The topological polar surface area (TPSA) is 314 Å². The number of β-amino-alcohol motifs (C(OH)–C–C–N with tert-alkyl or cyclic N) is 4. The fraction of sp³-hybridized carbons (Fsp3) is 0.771. The van der Waals surface area contributed by atoms with Crippen LogP contribution in [-0.4, -0.2) is 284 Å². The number of aliphatic hydroxyl groups is 5. The van der Waals surface area contributed by atoms with Crippen LogP contribution < -0.4 is 11.1 Å². The zero-order chi connectivity index (χ0) is 102. The molecule has 1 aromatic rings. The van der Waals surface area contributed by atoms with Crippen LogP contribution in [-0.2, 0) is 45.8 Å². The summed E-state index contributed by atoms with van der Waals surface area (Å²) in [4.78, 5) is 50.1. The van der Waals surface area contributed by atoms with E-state index in [9.17, 15) is 56.8 Å². The summed E-state index contributed by atoms with van der Waals surface area (Å²) in [6, 6.07) is -0.259. The predicted octanol–water partition coefficient (Wildman–Crippen LogP) is 11.6. The lowest BCUT2D eigenvalue weighted by Crippen LogP contribution is -2.64. The van der Waals surface area contributed by atoms with Crippen LogP contribution in [0.3, 0.4) is 0 Å². The Morgan fingerprint density at radius 1 is 0.489 bits per heavy atom. The average molecular weight is 1860 g/mol. The second kappa shape index (κ2) is 47.1. The molecular formula is C105H172N10O14S2. The molecule has 0 bridgehead atoms. The first-order chi connectivity index (χ1) is 58.7. The zero-order valence-electron chi connectivity index (χ0n) is 87.7. The van der Waals surface area contributed by atoms with E-state index in [1.54, 1.807) is 23.1 Å². The minimum atomic E-state index is -3.01. The molecule has 26 heteroatoms. The summed E-state index contributed by atoms with van der Waals surface area (Å²) < 4.78 is 56.6. The Morgan fingerprint density at radius 3 is 1.14 bits per heavy atom. The number of likely N-dealkylation sites (tertiary alicyclic amines) is 5. The number of hydrogen-bond acceptors (Lipinski definition) is 20. The molecule has 8 saturated heterocycles. The average Bonchev–Trinajstić information content (AvgIpc) is 1.41. The number of ether oxygens (including phenoxy) is 2. The Kier molecular flexibility index (Phi) is 43.2. The summed E-state index contributed by atoms with van der Waals surface area (Å²) in [5.41, 5.74) is 0.151. The highest BCUT2D eigenvalue weighted by Crippen LogP contribution is 2.34. The van der Waals surface area contributed by atoms with Crippen molar-refractivity contribution in [3.63, 3.8) is 0 Å². The Labute approximate surface area is 795 Å². The summed E-state index contributed by atoms with van der Waals surface area (Å²) >= 11 is 0. The van der Waals surface area contributed by atoms with E-state index in [4.69, 9.17) is 15.2 Å². The fourth-order valence-electron chi connectivity index (χ4n) is 12.0. The van der Waals surface area contributed by atoms with Gasteiger partial charge < -0.3 is 60.4 Å². The van der Waals surface area contributed by atoms with Crippen molar-refractivity contribution in [3.8, 4) is 107 Å². The van der Waals surface area contributed by atoms with Crippen molar-refractivity contribution in [1.82, 2.24) is 44.3 Å². The number of amides is 3. The molecule has 1 aliphatic carbocycles. The molecular weight excluding hydrogens is 1690 g/mol. The van der Waals surface area contributed by atoms with E-state index in [-0.39, 0.29) is 94.8 Å². The van der Waals surface area contributed by atoms with Crippen molar-refractivity contribution in [2.24, 2.45) is 67.4 Å². The van der Waals surface area contributed by atoms with Gasteiger partial charge in [0, 0.05) is 127 Å². The van der Waals surface area contributed by atoms with E-state index in [0.29, 0.717) is 78.2 Å². The van der Waals surface area contributed by atoms with Crippen LogP contribution in [0.5, 0.6) is 0 Å². The Balaban J connectivity index is 0.000000500. The summed E-state index contributed by atoms with van der Waals surface area (Å²) in [5.74, 6) is 55.4. The molecule has 0 aromatic carbocycles. The third kappa shape index (κ3) is 52.0. The zero-order valence-corrected chi connectivity index (χ0v) is 89.4. The van der Waals surface area contributed by atoms with Crippen LogP contribution in [0, 0.1) is 161 Å². The summed E-state index contributed by atoms with van der Waals surface area (Å²) in [6.45, 7) is 83.0. The Bertz CT molecular complexity index is 4770. The number of hydrogen-bond donors (Lipinski definition) is 7. The second-order valence-electron chi connectivity index (χ2n) is 47.4. The highest BCUT2D eigenvalue weighted by molar-refractivity contribution is 7.93. The molecule has 9 aliphatic rings. The first-order valence-electron chi connectivity index (χ1n) is 46.4. The van der Waals surface area contributed by atoms with Crippen molar-refractivity contribution < 1.29 is 66.2 Å². The van der Waals surface area contributed by atoms with Crippen LogP contribution >= 0.6 is 0 Å². The predicted molar refractivity (Wildman–Crippen MR) is 532 cm³/mol. The maximum absolute atomic E-state index is 11.4. The highest BCUT2D eigenvalue weighted by Gasteiger charge is 2.48. The molecule has 1 aromatic heterocycles. The number of nitrogens with one attached hydrogen (secondary N) is 1. The van der Waals surface area contributed by atoms with Gasteiger partial charge >= 0.3 is 12.0 Å². The number of nitrogens with zero attached hydrogens (tertiary/aromatic N) is 8. The molecule has 0 unspecified atom stereocenters. The standard InChI is InChI=1S/C13H23NO2S.C13H21NO.C13H23N.C12H20N2O2.C12H19NO3.C12H21NO.C11H17NO2.C10H14N2.C9H14O3S/c1-12(2,3)6-7-13(4,5)14-8-10-17(15,16)11-9-14;1-12(2,3)6-7-13(15)9-14(10-13)8-11-4-5-11;1-12(2,3)8-9-13(4,5)14-10-6-7-11-14;1-5-13-10(15)14-8-12(16,9-14)7-6-11(2,3)4;1-9(13)10(14)16-12(7-15-8-12)6-5-11(2,3)4;1-10(2)13-8-12(14,9-13)7-6-11(3,4)5;1-9(13)12-7-11(14,8-12)6-5-10(2,3)4;1-10(2,3)6-5-9-7-12(4)8-11-9;1-8(2,3)4-5-9(10)6-13(11,12)7-9/h8-11H2,1-5H3;11,15H,4-5,8-10H2,1-3H3;6-7,10-11H2,1-5H3;16H,5,8-9H2,1-4H3,(H,13,15);9H,7-8,13H2,1-4H3;10,14H,8-9H2,1-5H3;14H,7-8H2,1-4H3;7-8H,1-4H3;10H,6-7H2,1-3H3/t;;;;9-;;;;/m....0..../s1. The molecule has 3 amide bonds. The number of aryl methyl sites for hydroxylation is 1. The third-order valence-electron chi connectivity index (χ3n) is 19.8. The van der Waals surface area contributed by atoms with Gasteiger partial charge in [0.25, 0.3) is 0 Å². The number of carbonyl (C=O) groups is 3. The van der Waals surface area contributed by atoms with Gasteiger partial charge in [0.2, 0.25) is 11.5 Å². The van der Waals surface area contributed by atoms with E-state index < -0.39 is 65.3 Å². The molecule has 8 aliphatic heterocycles. The highest BCUT2D eigenvalue weighted by atomic mass is 32.2. The second-order valence-corrected chi connectivity index (χ2v) is 51.8. The molecule has 0 radical (unpaired) electrons. The van der Waals surface area contributed by atoms with E-state index in [0.717, 1.165) is 24.7 Å². The molecule has 9 heterocycles. The smallest absolute Gasteiger partial charge is 0.324 e. The summed E-state index contributed by atoms with van der Waals surface area (Å²) in [7, 11) is -3.88. The van der Waals surface area contributed by atoms with Crippen LogP contribution in [0.15, 0.2) is 12.5 Å². The Morgan fingerprint density at radius 2 is 0.832 bits per heavy atom. The van der Waals surface area contributed by atoms with Crippen molar-refractivity contribution >= 4 is 37.6 Å². The van der Waals surface area contributed by atoms with Crippen molar-refractivity contribution in [2.75, 3.05) is 128 Å². The van der Waals surface area contributed by atoms with Gasteiger partial charge in [0.1, 0.15) is 24.9 Å². The van der Waals surface area contributed by atoms with Gasteiger partial charge in [-0.15, -0.1) is 0 Å². The lowest BCUT2D eigenvalue weighted by molar-refractivity contribution is -0.193. The quantitative estimate of drug-likeness (QED) is 0.0939. The third-order valence-corrected chi connectivity index (χ3v) is 23.2. The number of carbonyl (C=O) groups excluding carboxylic acids is 3. The van der Waals surface area contributed by atoms with Gasteiger partial charge in [0.15, 0.2) is 47.7 Å². The molecule has 1 saturated carbocycles. The summed E-state index contributed by atoms with van der Waals surface area (Å²) in [5, 5.41) is 52.1. The SMILES string of the molecule is CC(=O)N1CC(O)(C#CC(C)(C)C)C1.CC(C)(C)C#CC(C)(C)N1CCCC1.CC(C)(C)C#CC(C)(C)N1CCS(=O)(=O)CC1.CC(C)(C)C#CC1(O)CN(CC2CC2)C1.CC(C)(C)C#CC1(O)CS(=O)(=O)C1.CC(C)N1CC(O)(C#CC(C)(C)C)C1.CCNC(=O)N1CC(O)(C#CC(C)(C)C)C1.C[C@H](N)C(=O)OC1(C#CC(C)(C)C)COC1.Cn1cnc(C#CC(C)(C)C)c1. The molecule has 1 atom stereocenters. The largest absolute Gasteiger partial charge is 0.440 e. The number of imidazole rings is 1. The molecule has 131 heavy (non-hydrogen) atoms. The molecule has 9 fully saturated rings. The lowest BCUT2D eigenvalue weighted by Gasteiger charge is -2.45. The number of aromatic nitrogens is 2. The van der Waals surface area contributed by atoms with Gasteiger partial charge in [-0.05, 0) is 299 Å². The first-order valence-corrected chi connectivity index (χ1v) is 50.1. The van der Waals surface area contributed by atoms with Gasteiger partial charge in [-0.1, -0.05) is 94.7 Å². The number of sulfone groups is 2. The van der Waals surface area contributed by atoms with Crippen molar-refractivity contribution in [2.45, 2.75) is 332 Å². The lowest BCUT2D eigenvalue weighted by atomic mass is 9.90. The maximum Gasteiger partial charge on any atom is 0.324 e. The van der Waals surface area contributed by atoms with Gasteiger partial charge in [-0.2, -0.15) is 0 Å². The monoisotopic (exact) mass is 1860 g/mol. The number of urea groups is 1. The van der Waals surface area contributed by atoms with Crippen molar-refractivity contribution in [3.05, 3.63) is 18.2 Å². The Hall–Kier alpha value is -7.08. The molecule has 738 valence electrons. The van der Waals surface area contributed by atoms with Gasteiger partial charge in [-0.3, -0.25) is 29.2 Å². The van der Waals surface area contributed by atoms with E-state index >= 15 is 0 Å². The summed E-state index contributed by atoms with van der Waals surface area (Å²) in [6.07, 6.45) is 9.10. The van der Waals surface area contributed by atoms with Crippen LogP contribution in [0.25, 0.3) is 0 Å². The molecule has 0 spiro atoms. The number of nitrogens with two attached hydrogens (primary N) is 1. The first kappa shape index (κ1) is 120. The van der Waals surface area contributed by atoms with Gasteiger partial charge in [-0.25, -0.2) is 26.6 Å². The molecule has 24 nitrogen and oxygen atoms in total. The van der Waals surface area contributed by atoms with E-state index in [1.807, 2.05) is 108 Å². The normalized spacial score (nSPS) is 20.2. The minimum Gasteiger partial charge on any atom is -0.440 e. The van der Waals surface area contributed by atoms with Crippen molar-refractivity contribution in [1.29, 1.82) is 0 Å². The number of rotatable bonds is 8. The van der Waals surface area contributed by atoms with E-state index in [2.05, 4.69) is 282 Å². The molecule has 10 rings (SSSR count). The fourth-order valence-corrected chi connectivity index (χ4v) is 14.7. The molecule has 8 N–H and O–H groups in total. The number of esters is 1. The van der Waals surface area contributed by atoms with Crippen LogP contribution in [0.4, 0.5) is 4.79 Å². The van der Waals surface area contributed by atoms with E-state index in [1.165, 1.54) is 52.2 Å². The van der Waals surface area contributed by atoms with Gasteiger partial charge in [0.05, 0.1) is 66.6 Å². The minimum absolute atomic E-state index is 0.00719.